The lowest BCUT2D eigenvalue weighted by Crippen LogP contribution is -2.59. The topological polar surface area (TPSA) is 102 Å². The standard InChI is InChI=1S/C30H33ClF2N6O4/c1-29-14-34-17-38(15-29)26-21-12-35-24(20-5-2-7-22(31)19(20)6-3-10-41-28(40)43-29)23(33)25(21)36-27(37-26)42-16-30-8-4-9-39(30)13-18(32)11-30/h2,5,7,12,18,34H,3-4,6,8-11,13-17H2,1H3/t18-,29-,30+/m1/s1. The molecule has 13 heteroatoms. The average molecular weight is 615 g/mol. The van der Waals surface area contributed by atoms with Crippen LogP contribution < -0.4 is 15.0 Å². The summed E-state index contributed by atoms with van der Waals surface area (Å²) in [7, 11) is 0. The number of pyridine rings is 1. The monoisotopic (exact) mass is 614 g/mol. The molecule has 43 heavy (non-hydrogen) atoms. The van der Waals surface area contributed by atoms with Gasteiger partial charge in [-0.05, 0) is 50.8 Å². The summed E-state index contributed by atoms with van der Waals surface area (Å²) < 4.78 is 48.3. The highest BCUT2D eigenvalue weighted by molar-refractivity contribution is 6.31. The minimum Gasteiger partial charge on any atom is -0.461 e. The third-order valence-corrected chi connectivity index (χ3v) is 9.35. The zero-order valence-electron chi connectivity index (χ0n) is 23.9. The number of ether oxygens (including phenoxy) is 3. The summed E-state index contributed by atoms with van der Waals surface area (Å²) in [4.78, 5) is 30.5. The molecule has 1 aromatic carbocycles. The summed E-state index contributed by atoms with van der Waals surface area (Å²) in [6.45, 7) is 4.29. The Morgan fingerprint density at radius 1 is 1.28 bits per heavy atom. The van der Waals surface area contributed by atoms with Gasteiger partial charge in [0.25, 0.3) is 0 Å². The van der Waals surface area contributed by atoms with Crippen molar-refractivity contribution in [3.63, 3.8) is 0 Å². The van der Waals surface area contributed by atoms with E-state index in [2.05, 4.69) is 20.2 Å². The second kappa shape index (κ2) is 11.0. The molecule has 5 aliphatic heterocycles. The summed E-state index contributed by atoms with van der Waals surface area (Å²) in [5.74, 6) is -0.246. The van der Waals surface area contributed by atoms with Crippen LogP contribution >= 0.6 is 11.6 Å². The first kappa shape index (κ1) is 28.4. The van der Waals surface area contributed by atoms with E-state index < -0.39 is 29.3 Å². The molecule has 10 nitrogen and oxygen atoms in total. The number of alkyl halides is 1. The van der Waals surface area contributed by atoms with Gasteiger partial charge in [0.05, 0.1) is 30.7 Å². The third kappa shape index (κ3) is 5.23. The molecule has 0 unspecified atom stereocenters. The molecule has 3 aromatic rings. The van der Waals surface area contributed by atoms with Crippen LogP contribution in [0.1, 0.15) is 38.2 Å². The molecule has 7 heterocycles. The minimum atomic E-state index is -0.962. The van der Waals surface area contributed by atoms with Crippen molar-refractivity contribution in [1.29, 1.82) is 0 Å². The molecule has 6 bridgehead atoms. The van der Waals surface area contributed by atoms with Gasteiger partial charge in [0, 0.05) is 36.3 Å². The number of nitrogens with one attached hydrogen (secondary N) is 1. The van der Waals surface area contributed by atoms with Crippen LogP contribution in [-0.4, -0.2) is 89.4 Å². The van der Waals surface area contributed by atoms with Crippen LogP contribution in [0.2, 0.25) is 5.02 Å². The predicted octanol–water partition coefficient (Wildman–Crippen LogP) is 4.66. The van der Waals surface area contributed by atoms with E-state index >= 15 is 4.39 Å². The lowest BCUT2D eigenvalue weighted by Gasteiger charge is -2.40. The quantitative estimate of drug-likeness (QED) is 0.419. The van der Waals surface area contributed by atoms with Crippen LogP contribution in [0.3, 0.4) is 0 Å². The van der Waals surface area contributed by atoms with E-state index in [9.17, 15) is 9.18 Å². The molecule has 5 aliphatic rings. The van der Waals surface area contributed by atoms with Gasteiger partial charge >= 0.3 is 12.2 Å². The second-order valence-corrected chi connectivity index (χ2v) is 12.6. The van der Waals surface area contributed by atoms with Crippen LogP contribution in [0.5, 0.6) is 6.01 Å². The normalized spacial score (nSPS) is 27.7. The maximum absolute atomic E-state index is 16.6. The van der Waals surface area contributed by atoms with E-state index in [1.165, 1.54) is 0 Å². The molecular weight excluding hydrogens is 582 g/mol. The molecule has 8 rings (SSSR count). The summed E-state index contributed by atoms with van der Waals surface area (Å²) >= 11 is 6.57. The Hall–Kier alpha value is -3.35. The number of halogens is 3. The number of nitrogens with zero attached hydrogens (tertiary/aromatic N) is 5. The molecule has 3 fully saturated rings. The SMILES string of the molecule is C[C@@]12CNCN(C1)c1nc(OC[C@@]34CCCN3C[C@H](F)C4)nc3c(F)c(ncc13)-c1cccc(Cl)c1CCCOC(=O)O2. The van der Waals surface area contributed by atoms with Crippen molar-refractivity contribution in [1.82, 2.24) is 25.2 Å². The lowest BCUT2D eigenvalue weighted by atomic mass is 9.95. The number of carbonyl (C=O) groups excluding carboxylic acids is 1. The first-order chi connectivity index (χ1) is 20.7. The van der Waals surface area contributed by atoms with Gasteiger partial charge in [0.1, 0.15) is 35.4 Å². The van der Waals surface area contributed by atoms with Gasteiger partial charge in [-0.1, -0.05) is 23.7 Å². The van der Waals surface area contributed by atoms with E-state index in [1.807, 2.05) is 4.90 Å². The Labute approximate surface area is 252 Å². The number of benzene rings is 1. The second-order valence-electron chi connectivity index (χ2n) is 12.2. The van der Waals surface area contributed by atoms with Gasteiger partial charge < -0.3 is 19.1 Å². The number of fused-ring (bicyclic) bond motifs is 7. The van der Waals surface area contributed by atoms with Gasteiger partial charge in [-0.25, -0.2) is 13.6 Å². The predicted molar refractivity (Wildman–Crippen MR) is 156 cm³/mol. The molecule has 3 atom stereocenters. The molecule has 3 saturated heterocycles. The Morgan fingerprint density at radius 3 is 3.05 bits per heavy atom. The summed E-state index contributed by atoms with van der Waals surface area (Å²) in [5.41, 5.74) is -0.0308. The Balaban J connectivity index is 1.36. The molecule has 2 aromatic heterocycles. The maximum Gasteiger partial charge on any atom is 0.508 e. The van der Waals surface area contributed by atoms with E-state index in [0.717, 1.165) is 19.4 Å². The van der Waals surface area contributed by atoms with Crippen LogP contribution in [0.4, 0.5) is 19.4 Å². The number of aromatic nitrogens is 3. The Kier molecular flexibility index (Phi) is 7.26. The van der Waals surface area contributed by atoms with E-state index in [0.29, 0.717) is 66.4 Å². The number of anilines is 1. The summed E-state index contributed by atoms with van der Waals surface area (Å²) in [6.07, 6.45) is 2.92. The summed E-state index contributed by atoms with van der Waals surface area (Å²) in [6, 6.07) is 5.23. The van der Waals surface area contributed by atoms with Crippen LogP contribution in [0, 0.1) is 5.82 Å². The smallest absolute Gasteiger partial charge is 0.461 e. The lowest BCUT2D eigenvalue weighted by molar-refractivity contribution is -0.0272. The largest absolute Gasteiger partial charge is 0.508 e. The molecule has 0 spiro atoms. The Morgan fingerprint density at radius 2 is 2.16 bits per heavy atom. The van der Waals surface area contributed by atoms with Gasteiger partial charge in [-0.15, -0.1) is 0 Å². The van der Waals surface area contributed by atoms with Crippen molar-refractivity contribution < 1.29 is 27.8 Å². The van der Waals surface area contributed by atoms with E-state index in [1.54, 1.807) is 31.3 Å². The minimum absolute atomic E-state index is 0.0119. The molecule has 0 aliphatic carbocycles. The van der Waals surface area contributed by atoms with Crippen molar-refractivity contribution >= 4 is 34.5 Å². The van der Waals surface area contributed by atoms with Crippen molar-refractivity contribution in [3.8, 4) is 17.3 Å². The molecule has 0 amide bonds. The molecule has 0 saturated carbocycles. The number of rotatable bonds is 3. The number of hydrogen-bond donors (Lipinski definition) is 1. The summed E-state index contributed by atoms with van der Waals surface area (Å²) in [5, 5.41) is 4.10. The van der Waals surface area contributed by atoms with E-state index in [4.69, 9.17) is 30.8 Å². The zero-order chi connectivity index (χ0) is 29.8. The molecule has 228 valence electrons. The van der Waals surface area contributed by atoms with E-state index in [-0.39, 0.29) is 37.0 Å². The highest BCUT2D eigenvalue weighted by Gasteiger charge is 2.49. The van der Waals surface area contributed by atoms with Crippen molar-refractivity contribution in [2.24, 2.45) is 0 Å². The highest BCUT2D eigenvalue weighted by atomic mass is 35.5. The van der Waals surface area contributed by atoms with Crippen LogP contribution in [0.25, 0.3) is 22.2 Å². The number of hydrogen-bond acceptors (Lipinski definition) is 10. The zero-order valence-corrected chi connectivity index (χ0v) is 24.6. The fourth-order valence-corrected chi connectivity index (χ4v) is 7.29. The van der Waals surface area contributed by atoms with Gasteiger partial charge in [0.2, 0.25) is 0 Å². The van der Waals surface area contributed by atoms with Crippen molar-refractivity contribution in [2.45, 2.75) is 56.3 Å². The molecule has 1 N–H and O–H groups in total. The first-order valence-corrected chi connectivity index (χ1v) is 15.1. The first-order valence-electron chi connectivity index (χ1n) is 14.7. The van der Waals surface area contributed by atoms with Crippen molar-refractivity contribution in [2.75, 3.05) is 51.0 Å². The van der Waals surface area contributed by atoms with Gasteiger partial charge in [-0.3, -0.25) is 15.2 Å². The highest BCUT2D eigenvalue weighted by Crippen LogP contribution is 2.41. The van der Waals surface area contributed by atoms with Crippen molar-refractivity contribution in [3.05, 3.63) is 40.8 Å². The number of carbonyl (C=O) groups is 1. The van der Waals surface area contributed by atoms with Crippen LogP contribution in [-0.2, 0) is 15.9 Å². The fraction of sp³-hybridized carbons (Fsp3) is 0.533. The Bertz CT molecular complexity index is 1580. The maximum atomic E-state index is 16.6. The van der Waals surface area contributed by atoms with Gasteiger partial charge in [-0.2, -0.15) is 9.97 Å². The van der Waals surface area contributed by atoms with Gasteiger partial charge in [0.15, 0.2) is 5.82 Å². The van der Waals surface area contributed by atoms with Crippen LogP contribution in [0.15, 0.2) is 24.4 Å². The fourth-order valence-electron chi connectivity index (χ4n) is 7.02. The average Bonchev–Trinajstić information content (AvgIpc) is 3.50. The third-order valence-electron chi connectivity index (χ3n) is 9.00. The molecular formula is C30H33ClF2N6O4. The molecule has 0 radical (unpaired) electrons.